The summed E-state index contributed by atoms with van der Waals surface area (Å²) in [5, 5.41) is 3.76. The summed E-state index contributed by atoms with van der Waals surface area (Å²) in [6.45, 7) is 3.39. The van der Waals surface area contributed by atoms with Crippen LogP contribution in [0.5, 0.6) is 0 Å². The van der Waals surface area contributed by atoms with Crippen molar-refractivity contribution in [2.45, 2.75) is 90.5 Å². The number of hydrazine groups is 1. The van der Waals surface area contributed by atoms with Crippen LogP contribution in [0.15, 0.2) is 59.0 Å². The Morgan fingerprint density at radius 2 is 1.35 bits per heavy atom. The molecule has 0 aliphatic heterocycles. The molecule has 0 bridgehead atoms. The monoisotopic (exact) mass is 505 g/mol. The van der Waals surface area contributed by atoms with Gasteiger partial charge in [0.1, 0.15) is 5.58 Å². The molecule has 0 aliphatic carbocycles. The molecule has 0 fully saturated rings. The number of amides is 2. The first-order valence-corrected chi connectivity index (χ1v) is 14.1. The number of nitrogens with one attached hydrogen (secondary N) is 3. The number of para-hydroxylation sites is 1. The number of carbonyl (C=O) groups excluding carboxylic acids is 2. The normalized spacial score (nSPS) is 11.1. The summed E-state index contributed by atoms with van der Waals surface area (Å²) in [7, 11) is 0. The van der Waals surface area contributed by atoms with Crippen molar-refractivity contribution >= 4 is 22.8 Å². The molecule has 0 radical (unpaired) electrons. The zero-order chi connectivity index (χ0) is 26.1. The van der Waals surface area contributed by atoms with Gasteiger partial charge in [0.05, 0.1) is 0 Å². The third-order valence-electron chi connectivity index (χ3n) is 6.68. The molecule has 2 amide bonds. The Morgan fingerprint density at radius 1 is 0.730 bits per heavy atom. The molecule has 3 rings (SSSR count). The lowest BCUT2D eigenvalue weighted by Crippen LogP contribution is -2.37. The minimum Gasteiger partial charge on any atom is -0.451 e. The molecule has 1 heterocycles. The van der Waals surface area contributed by atoms with Gasteiger partial charge in [-0.2, -0.15) is 0 Å². The summed E-state index contributed by atoms with van der Waals surface area (Å²) in [5.74, 6) is -0.131. The third kappa shape index (κ3) is 10.4. The van der Waals surface area contributed by atoms with E-state index in [0.29, 0.717) is 17.7 Å². The zero-order valence-corrected chi connectivity index (χ0v) is 22.3. The standard InChI is InChI=1S/C31H43N3O3/c1-2-3-4-5-6-7-8-9-10-11-12-15-22-33-34-30(35)26-20-18-25(19-21-26)24-32-31(36)29-23-27-16-13-14-17-28(27)37-29/h13-14,16-21,23,33H,2-12,15,22,24H2,1H3,(H,32,36)(H,34,35). The van der Waals surface area contributed by atoms with Gasteiger partial charge in [0.25, 0.3) is 11.8 Å². The second-order valence-electron chi connectivity index (χ2n) is 9.80. The van der Waals surface area contributed by atoms with Gasteiger partial charge in [-0.05, 0) is 36.2 Å². The first kappa shape index (κ1) is 28.5. The van der Waals surface area contributed by atoms with Crippen molar-refractivity contribution in [2.75, 3.05) is 6.54 Å². The van der Waals surface area contributed by atoms with Crippen LogP contribution in [-0.2, 0) is 6.54 Å². The van der Waals surface area contributed by atoms with E-state index in [-0.39, 0.29) is 17.6 Å². The molecule has 0 atom stereocenters. The summed E-state index contributed by atoms with van der Waals surface area (Å²) in [6, 6.07) is 16.5. The highest BCUT2D eigenvalue weighted by Gasteiger charge is 2.12. The molecular weight excluding hydrogens is 462 g/mol. The Hall–Kier alpha value is -3.12. The largest absolute Gasteiger partial charge is 0.451 e. The van der Waals surface area contributed by atoms with E-state index in [1.54, 1.807) is 18.2 Å². The minimum absolute atomic E-state index is 0.156. The highest BCUT2D eigenvalue weighted by atomic mass is 16.3. The number of benzene rings is 2. The highest BCUT2D eigenvalue weighted by molar-refractivity contribution is 5.96. The van der Waals surface area contributed by atoms with Gasteiger partial charge < -0.3 is 9.73 Å². The predicted molar refractivity (Wildman–Crippen MR) is 150 cm³/mol. The fourth-order valence-corrected chi connectivity index (χ4v) is 4.41. The van der Waals surface area contributed by atoms with E-state index in [4.69, 9.17) is 4.42 Å². The second kappa shape index (κ2) is 16.6. The lowest BCUT2D eigenvalue weighted by molar-refractivity contribution is 0.0919. The predicted octanol–water partition coefficient (Wildman–Crippen LogP) is 7.30. The number of rotatable bonds is 18. The maximum absolute atomic E-state index is 12.4. The Kier molecular flexibility index (Phi) is 12.8. The molecule has 3 N–H and O–H groups in total. The Morgan fingerprint density at radius 3 is 2.00 bits per heavy atom. The van der Waals surface area contributed by atoms with E-state index >= 15 is 0 Å². The molecule has 0 saturated heterocycles. The number of hydrogen-bond donors (Lipinski definition) is 3. The molecule has 2 aromatic carbocycles. The van der Waals surface area contributed by atoms with Gasteiger partial charge in [0, 0.05) is 24.0 Å². The summed E-state index contributed by atoms with van der Waals surface area (Å²) in [6.07, 6.45) is 15.8. The van der Waals surface area contributed by atoms with Crippen LogP contribution in [-0.4, -0.2) is 18.4 Å². The maximum atomic E-state index is 12.4. The third-order valence-corrected chi connectivity index (χ3v) is 6.68. The van der Waals surface area contributed by atoms with Gasteiger partial charge >= 0.3 is 0 Å². The van der Waals surface area contributed by atoms with Gasteiger partial charge in [0.2, 0.25) is 0 Å². The molecule has 200 valence electrons. The Bertz CT molecular complexity index is 1040. The average molecular weight is 506 g/mol. The number of hydrogen-bond acceptors (Lipinski definition) is 4. The molecule has 0 saturated carbocycles. The molecule has 37 heavy (non-hydrogen) atoms. The highest BCUT2D eigenvalue weighted by Crippen LogP contribution is 2.18. The lowest BCUT2D eigenvalue weighted by Gasteiger charge is -2.08. The van der Waals surface area contributed by atoms with Crippen molar-refractivity contribution in [3.63, 3.8) is 0 Å². The summed E-state index contributed by atoms with van der Waals surface area (Å²) >= 11 is 0. The van der Waals surface area contributed by atoms with Crippen molar-refractivity contribution in [3.8, 4) is 0 Å². The Labute approximate surface area is 221 Å². The molecule has 0 aliphatic rings. The fourth-order valence-electron chi connectivity index (χ4n) is 4.41. The van der Waals surface area contributed by atoms with E-state index in [0.717, 1.165) is 23.9 Å². The van der Waals surface area contributed by atoms with Gasteiger partial charge in [-0.1, -0.05) is 108 Å². The van der Waals surface area contributed by atoms with Crippen LogP contribution in [0.4, 0.5) is 0 Å². The van der Waals surface area contributed by atoms with E-state index in [9.17, 15) is 9.59 Å². The molecular formula is C31H43N3O3. The average Bonchev–Trinajstić information content (AvgIpc) is 3.37. The van der Waals surface area contributed by atoms with E-state index in [1.807, 2.05) is 36.4 Å². The fraction of sp³-hybridized carbons (Fsp3) is 0.484. The van der Waals surface area contributed by atoms with Gasteiger partial charge in [-0.15, -0.1) is 0 Å². The number of furan rings is 1. The first-order chi connectivity index (χ1) is 18.2. The summed E-state index contributed by atoms with van der Waals surface area (Å²) < 4.78 is 5.60. The van der Waals surface area contributed by atoms with E-state index < -0.39 is 0 Å². The van der Waals surface area contributed by atoms with Crippen LogP contribution in [0.1, 0.15) is 110 Å². The van der Waals surface area contributed by atoms with Crippen LogP contribution in [0.25, 0.3) is 11.0 Å². The SMILES string of the molecule is CCCCCCCCCCCCCCNNC(=O)c1ccc(CNC(=O)c2cc3ccccc3o2)cc1. The molecule has 0 spiro atoms. The van der Waals surface area contributed by atoms with Crippen LogP contribution < -0.4 is 16.2 Å². The first-order valence-electron chi connectivity index (χ1n) is 14.1. The van der Waals surface area contributed by atoms with Crippen molar-refractivity contribution < 1.29 is 14.0 Å². The van der Waals surface area contributed by atoms with Crippen molar-refractivity contribution in [1.82, 2.24) is 16.2 Å². The number of unbranched alkanes of at least 4 members (excludes halogenated alkanes) is 11. The maximum Gasteiger partial charge on any atom is 0.287 e. The number of fused-ring (bicyclic) bond motifs is 1. The van der Waals surface area contributed by atoms with Gasteiger partial charge in [-0.3, -0.25) is 15.0 Å². The topological polar surface area (TPSA) is 83.4 Å². The minimum atomic E-state index is -0.264. The van der Waals surface area contributed by atoms with Crippen LogP contribution in [0.2, 0.25) is 0 Å². The Balaban J connectivity index is 1.22. The summed E-state index contributed by atoms with van der Waals surface area (Å²) in [5.41, 5.74) is 7.98. The number of carbonyl (C=O) groups is 2. The van der Waals surface area contributed by atoms with Crippen molar-refractivity contribution in [1.29, 1.82) is 0 Å². The lowest BCUT2D eigenvalue weighted by atomic mass is 10.1. The molecule has 0 unspecified atom stereocenters. The molecule has 6 heteroatoms. The van der Waals surface area contributed by atoms with E-state index in [1.165, 1.54) is 70.6 Å². The molecule has 3 aromatic rings. The molecule has 1 aromatic heterocycles. The van der Waals surface area contributed by atoms with Crippen molar-refractivity contribution in [3.05, 3.63) is 71.5 Å². The van der Waals surface area contributed by atoms with Gasteiger partial charge in [0.15, 0.2) is 5.76 Å². The molecule has 6 nitrogen and oxygen atoms in total. The van der Waals surface area contributed by atoms with Gasteiger partial charge in [-0.25, -0.2) is 5.43 Å². The van der Waals surface area contributed by atoms with Crippen molar-refractivity contribution in [2.24, 2.45) is 0 Å². The zero-order valence-electron chi connectivity index (χ0n) is 22.3. The quantitative estimate of drug-likeness (QED) is 0.125. The second-order valence-corrected chi connectivity index (χ2v) is 9.80. The van der Waals surface area contributed by atoms with Crippen LogP contribution >= 0.6 is 0 Å². The summed E-state index contributed by atoms with van der Waals surface area (Å²) in [4.78, 5) is 24.8. The van der Waals surface area contributed by atoms with Crippen LogP contribution in [0.3, 0.4) is 0 Å². The smallest absolute Gasteiger partial charge is 0.287 e. The van der Waals surface area contributed by atoms with Crippen LogP contribution in [0, 0.1) is 0 Å². The van der Waals surface area contributed by atoms with E-state index in [2.05, 4.69) is 23.1 Å².